The van der Waals surface area contributed by atoms with Crippen LogP contribution in [0.2, 0.25) is 0 Å². The quantitative estimate of drug-likeness (QED) is 0.624. The molecule has 1 atom stereocenters. The molecule has 2 N–H and O–H groups in total. The van der Waals surface area contributed by atoms with E-state index >= 15 is 0 Å². The van der Waals surface area contributed by atoms with Crippen LogP contribution >= 0.6 is 0 Å². The van der Waals surface area contributed by atoms with Crippen molar-refractivity contribution in [2.75, 3.05) is 0 Å². The van der Waals surface area contributed by atoms with Crippen molar-refractivity contribution in [2.45, 2.75) is 18.9 Å². The molecule has 1 aromatic rings. The molecule has 0 saturated carbocycles. The molecular weight excluding hydrogens is 160 g/mol. The normalized spacial score (nSPS) is 21.1. The van der Waals surface area contributed by atoms with Crippen LogP contribution in [0.25, 0.3) is 0 Å². The summed E-state index contributed by atoms with van der Waals surface area (Å²) in [5.41, 5.74) is 6.92. The van der Waals surface area contributed by atoms with Crippen molar-refractivity contribution in [3.8, 4) is 0 Å². The molecule has 0 radical (unpaired) electrons. The maximum Gasteiger partial charge on any atom is 0.129 e. The fourth-order valence-corrected chi connectivity index (χ4v) is 1.68. The average Bonchev–Trinajstić information content (AvgIpc) is 2.29. The van der Waals surface area contributed by atoms with Crippen molar-refractivity contribution < 1.29 is 8.78 Å². The first-order valence-corrected chi connectivity index (χ1v) is 3.89. The first-order chi connectivity index (χ1) is 5.66. The summed E-state index contributed by atoms with van der Waals surface area (Å²) in [6.45, 7) is 0. The lowest BCUT2D eigenvalue weighted by atomic mass is 10.1. The summed E-state index contributed by atoms with van der Waals surface area (Å²) in [4.78, 5) is 0. The Bertz CT molecular complexity index is 323. The topological polar surface area (TPSA) is 26.0 Å². The standard InChI is InChI=1S/C9H9F2N/c10-6-1-5-2-7(12)4-8(5)9(11)3-6/h1,3,7H,2,4,12H2/t7-/m1/s1. The summed E-state index contributed by atoms with van der Waals surface area (Å²) < 4.78 is 25.7. The van der Waals surface area contributed by atoms with Gasteiger partial charge in [-0.2, -0.15) is 0 Å². The lowest BCUT2D eigenvalue weighted by Gasteiger charge is -1.99. The van der Waals surface area contributed by atoms with Gasteiger partial charge in [-0.3, -0.25) is 0 Å². The third-order valence-electron chi connectivity index (χ3n) is 2.20. The van der Waals surface area contributed by atoms with E-state index in [0.29, 0.717) is 18.4 Å². The van der Waals surface area contributed by atoms with Crippen molar-refractivity contribution in [3.63, 3.8) is 0 Å². The van der Waals surface area contributed by atoms with E-state index in [0.717, 1.165) is 11.6 Å². The Hall–Kier alpha value is -0.960. The molecule has 1 aliphatic rings. The molecule has 0 saturated heterocycles. The van der Waals surface area contributed by atoms with Crippen LogP contribution in [0.4, 0.5) is 8.78 Å². The summed E-state index contributed by atoms with van der Waals surface area (Å²) in [6.07, 6.45) is 1.12. The summed E-state index contributed by atoms with van der Waals surface area (Å²) in [5.74, 6) is -0.974. The van der Waals surface area contributed by atoms with Gasteiger partial charge in [0.15, 0.2) is 0 Å². The van der Waals surface area contributed by atoms with Crippen molar-refractivity contribution in [1.82, 2.24) is 0 Å². The fourth-order valence-electron chi connectivity index (χ4n) is 1.68. The molecule has 0 amide bonds. The summed E-state index contributed by atoms with van der Waals surface area (Å²) in [6, 6.07) is 2.23. The van der Waals surface area contributed by atoms with Crippen LogP contribution in [0.1, 0.15) is 11.1 Å². The van der Waals surface area contributed by atoms with Crippen LogP contribution in [0.3, 0.4) is 0 Å². The molecule has 0 bridgehead atoms. The Balaban J connectivity index is 2.52. The molecular formula is C9H9F2N. The monoisotopic (exact) mass is 169 g/mol. The molecule has 1 aromatic carbocycles. The van der Waals surface area contributed by atoms with Gasteiger partial charge >= 0.3 is 0 Å². The van der Waals surface area contributed by atoms with Gasteiger partial charge in [0.1, 0.15) is 11.6 Å². The lowest BCUT2D eigenvalue weighted by molar-refractivity contribution is 0.573. The van der Waals surface area contributed by atoms with Crippen LogP contribution < -0.4 is 5.73 Å². The largest absolute Gasteiger partial charge is 0.327 e. The van der Waals surface area contributed by atoms with Crippen molar-refractivity contribution in [1.29, 1.82) is 0 Å². The highest BCUT2D eigenvalue weighted by Crippen LogP contribution is 2.24. The third-order valence-corrected chi connectivity index (χ3v) is 2.20. The Morgan fingerprint density at radius 2 is 2.00 bits per heavy atom. The molecule has 0 unspecified atom stereocenters. The molecule has 0 heterocycles. The Morgan fingerprint density at radius 1 is 1.25 bits per heavy atom. The van der Waals surface area contributed by atoms with Crippen LogP contribution in [-0.2, 0) is 12.8 Å². The average molecular weight is 169 g/mol. The highest BCUT2D eigenvalue weighted by atomic mass is 19.1. The Kier molecular flexibility index (Phi) is 1.61. The number of fused-ring (bicyclic) bond motifs is 1. The van der Waals surface area contributed by atoms with Gasteiger partial charge in [0, 0.05) is 12.1 Å². The van der Waals surface area contributed by atoms with E-state index in [9.17, 15) is 8.78 Å². The fraction of sp³-hybridized carbons (Fsp3) is 0.333. The van der Waals surface area contributed by atoms with Gasteiger partial charge in [-0.1, -0.05) is 0 Å². The Labute approximate surface area is 69.2 Å². The number of rotatable bonds is 0. The molecule has 12 heavy (non-hydrogen) atoms. The zero-order valence-electron chi connectivity index (χ0n) is 6.48. The minimum absolute atomic E-state index is 0.0451. The SMILES string of the molecule is N[C@@H]1Cc2cc(F)cc(F)c2C1. The number of hydrogen-bond donors (Lipinski definition) is 1. The van der Waals surface area contributed by atoms with E-state index in [1.54, 1.807) is 0 Å². The van der Waals surface area contributed by atoms with E-state index < -0.39 is 11.6 Å². The summed E-state index contributed by atoms with van der Waals surface area (Å²) in [7, 11) is 0. The van der Waals surface area contributed by atoms with Crippen LogP contribution in [0.5, 0.6) is 0 Å². The van der Waals surface area contributed by atoms with Gasteiger partial charge in [0.05, 0.1) is 0 Å². The smallest absolute Gasteiger partial charge is 0.129 e. The second-order valence-corrected chi connectivity index (χ2v) is 3.19. The lowest BCUT2D eigenvalue weighted by Crippen LogP contribution is -2.19. The molecule has 0 aliphatic heterocycles. The number of benzene rings is 1. The zero-order valence-corrected chi connectivity index (χ0v) is 6.48. The van der Waals surface area contributed by atoms with E-state index in [1.165, 1.54) is 6.07 Å². The van der Waals surface area contributed by atoms with Crippen molar-refractivity contribution in [2.24, 2.45) is 5.73 Å². The predicted octanol–water partition coefficient (Wildman–Crippen LogP) is 1.39. The minimum atomic E-state index is -0.514. The van der Waals surface area contributed by atoms with E-state index in [-0.39, 0.29) is 6.04 Å². The molecule has 1 nitrogen and oxygen atoms in total. The molecule has 0 aromatic heterocycles. The van der Waals surface area contributed by atoms with E-state index in [2.05, 4.69) is 0 Å². The predicted molar refractivity (Wildman–Crippen MR) is 41.7 cm³/mol. The number of halogens is 2. The summed E-state index contributed by atoms with van der Waals surface area (Å²) in [5, 5.41) is 0. The molecule has 2 rings (SSSR count). The van der Waals surface area contributed by atoms with Gasteiger partial charge in [0.25, 0.3) is 0 Å². The second-order valence-electron chi connectivity index (χ2n) is 3.19. The third kappa shape index (κ3) is 1.10. The molecule has 0 fully saturated rings. The molecule has 3 heteroatoms. The molecule has 64 valence electrons. The first kappa shape index (κ1) is 7.68. The van der Waals surface area contributed by atoms with Crippen LogP contribution in [0.15, 0.2) is 12.1 Å². The van der Waals surface area contributed by atoms with E-state index in [4.69, 9.17) is 5.73 Å². The van der Waals surface area contributed by atoms with Gasteiger partial charge in [-0.25, -0.2) is 8.78 Å². The van der Waals surface area contributed by atoms with Crippen molar-refractivity contribution in [3.05, 3.63) is 34.9 Å². The highest BCUT2D eigenvalue weighted by molar-refractivity contribution is 5.35. The van der Waals surface area contributed by atoms with Crippen LogP contribution in [-0.4, -0.2) is 6.04 Å². The van der Waals surface area contributed by atoms with Gasteiger partial charge in [0.2, 0.25) is 0 Å². The minimum Gasteiger partial charge on any atom is -0.327 e. The van der Waals surface area contributed by atoms with Gasteiger partial charge in [-0.05, 0) is 30.0 Å². The second kappa shape index (κ2) is 2.52. The molecule has 1 aliphatic carbocycles. The maximum absolute atomic E-state index is 13.0. The van der Waals surface area contributed by atoms with Gasteiger partial charge < -0.3 is 5.73 Å². The first-order valence-electron chi connectivity index (χ1n) is 3.89. The van der Waals surface area contributed by atoms with Crippen molar-refractivity contribution >= 4 is 0 Å². The number of hydrogen-bond acceptors (Lipinski definition) is 1. The summed E-state index contributed by atoms with van der Waals surface area (Å²) >= 11 is 0. The van der Waals surface area contributed by atoms with Crippen LogP contribution in [0, 0.1) is 11.6 Å². The van der Waals surface area contributed by atoms with E-state index in [1.807, 2.05) is 0 Å². The van der Waals surface area contributed by atoms with Gasteiger partial charge in [-0.15, -0.1) is 0 Å². The maximum atomic E-state index is 13.0. The Morgan fingerprint density at radius 3 is 2.75 bits per heavy atom. The zero-order chi connectivity index (χ0) is 8.72. The number of nitrogens with two attached hydrogens (primary N) is 1. The molecule has 0 spiro atoms. The highest BCUT2D eigenvalue weighted by Gasteiger charge is 2.22.